The Morgan fingerprint density at radius 1 is 0.850 bits per heavy atom. The summed E-state index contributed by atoms with van der Waals surface area (Å²) in [6.45, 7) is 4.38. The van der Waals surface area contributed by atoms with E-state index in [0.717, 1.165) is 16.9 Å². The van der Waals surface area contributed by atoms with Gasteiger partial charge in [0, 0.05) is 0 Å². The molecule has 0 radical (unpaired) electrons. The van der Waals surface area contributed by atoms with Gasteiger partial charge in [-0.2, -0.15) is 0 Å². The van der Waals surface area contributed by atoms with Gasteiger partial charge in [-0.15, -0.1) is 0 Å². The Morgan fingerprint density at radius 2 is 1.30 bits per heavy atom. The van der Waals surface area contributed by atoms with E-state index in [0.29, 0.717) is 5.92 Å². The van der Waals surface area contributed by atoms with Crippen molar-refractivity contribution in [2.75, 3.05) is 7.11 Å². The number of ether oxygens (including phenoxy) is 1. The fourth-order valence-corrected chi connectivity index (χ4v) is 2.25. The van der Waals surface area contributed by atoms with E-state index in [1.807, 2.05) is 24.3 Å². The van der Waals surface area contributed by atoms with Crippen molar-refractivity contribution in [2.45, 2.75) is 25.8 Å². The number of nitrogens with two attached hydrogens (primary N) is 1. The standard InChI is InChI=1S/C17H22N2O/c1-12(2)13-4-6-14(7-5-13)17(19-18)15-8-10-16(20-3)11-9-15/h4-12,17,19H,18H2,1-3H3. The normalized spacial score (nSPS) is 12.4. The van der Waals surface area contributed by atoms with E-state index in [1.54, 1.807) is 7.11 Å². The fraction of sp³-hybridized carbons (Fsp3) is 0.294. The Hall–Kier alpha value is -1.84. The number of hydrogen-bond acceptors (Lipinski definition) is 3. The molecule has 20 heavy (non-hydrogen) atoms. The first-order chi connectivity index (χ1) is 9.65. The van der Waals surface area contributed by atoms with Gasteiger partial charge >= 0.3 is 0 Å². The molecule has 0 aliphatic heterocycles. The van der Waals surface area contributed by atoms with E-state index in [2.05, 4.69) is 43.5 Å². The minimum Gasteiger partial charge on any atom is -0.497 e. The smallest absolute Gasteiger partial charge is 0.118 e. The van der Waals surface area contributed by atoms with Crippen LogP contribution in [0.25, 0.3) is 0 Å². The molecule has 0 saturated heterocycles. The molecule has 1 unspecified atom stereocenters. The van der Waals surface area contributed by atoms with Crippen LogP contribution in [0.5, 0.6) is 5.75 Å². The third kappa shape index (κ3) is 3.18. The van der Waals surface area contributed by atoms with Crippen LogP contribution in [0.3, 0.4) is 0 Å². The van der Waals surface area contributed by atoms with Gasteiger partial charge in [0.15, 0.2) is 0 Å². The maximum Gasteiger partial charge on any atom is 0.118 e. The summed E-state index contributed by atoms with van der Waals surface area (Å²) in [5.41, 5.74) is 6.48. The zero-order chi connectivity index (χ0) is 14.5. The zero-order valence-corrected chi connectivity index (χ0v) is 12.3. The summed E-state index contributed by atoms with van der Waals surface area (Å²) in [6, 6.07) is 16.5. The van der Waals surface area contributed by atoms with Gasteiger partial charge in [-0.25, -0.2) is 5.43 Å². The van der Waals surface area contributed by atoms with Gasteiger partial charge in [-0.05, 0) is 34.7 Å². The highest BCUT2D eigenvalue weighted by Gasteiger charge is 2.12. The molecule has 106 valence electrons. The molecule has 2 aromatic rings. The third-order valence-corrected chi connectivity index (χ3v) is 3.55. The molecule has 2 rings (SSSR count). The molecule has 0 amide bonds. The van der Waals surface area contributed by atoms with Crippen molar-refractivity contribution in [3.63, 3.8) is 0 Å². The Bertz CT molecular complexity index is 532. The first-order valence-electron chi connectivity index (χ1n) is 6.85. The van der Waals surface area contributed by atoms with Crippen molar-refractivity contribution in [1.82, 2.24) is 5.43 Å². The van der Waals surface area contributed by atoms with Crippen LogP contribution >= 0.6 is 0 Å². The molecule has 2 aromatic carbocycles. The van der Waals surface area contributed by atoms with Gasteiger partial charge in [0.1, 0.15) is 5.75 Å². The molecule has 3 heteroatoms. The maximum atomic E-state index is 5.72. The Balaban J connectivity index is 2.26. The van der Waals surface area contributed by atoms with Crippen LogP contribution in [0.15, 0.2) is 48.5 Å². The predicted molar refractivity (Wildman–Crippen MR) is 82.7 cm³/mol. The number of methoxy groups -OCH3 is 1. The summed E-state index contributed by atoms with van der Waals surface area (Å²) in [4.78, 5) is 0. The van der Waals surface area contributed by atoms with Gasteiger partial charge < -0.3 is 4.74 Å². The molecular weight excluding hydrogens is 248 g/mol. The van der Waals surface area contributed by atoms with Crippen molar-refractivity contribution in [3.05, 3.63) is 65.2 Å². The Labute approximate surface area is 120 Å². The summed E-state index contributed by atoms with van der Waals surface area (Å²) in [6.07, 6.45) is 0. The topological polar surface area (TPSA) is 47.3 Å². The summed E-state index contributed by atoms with van der Waals surface area (Å²) < 4.78 is 5.18. The number of nitrogens with one attached hydrogen (secondary N) is 1. The van der Waals surface area contributed by atoms with Crippen molar-refractivity contribution >= 4 is 0 Å². The van der Waals surface area contributed by atoms with E-state index in [4.69, 9.17) is 10.6 Å². The lowest BCUT2D eigenvalue weighted by Gasteiger charge is -2.18. The first-order valence-corrected chi connectivity index (χ1v) is 6.85. The quantitative estimate of drug-likeness (QED) is 0.647. The van der Waals surface area contributed by atoms with E-state index < -0.39 is 0 Å². The number of hydrogen-bond donors (Lipinski definition) is 2. The highest BCUT2D eigenvalue weighted by molar-refractivity contribution is 5.36. The van der Waals surface area contributed by atoms with Crippen LogP contribution in [0, 0.1) is 0 Å². The monoisotopic (exact) mass is 270 g/mol. The average Bonchev–Trinajstić information content (AvgIpc) is 2.49. The third-order valence-electron chi connectivity index (χ3n) is 3.55. The van der Waals surface area contributed by atoms with Gasteiger partial charge in [-0.3, -0.25) is 5.84 Å². The molecular formula is C17H22N2O. The van der Waals surface area contributed by atoms with E-state index >= 15 is 0 Å². The first kappa shape index (κ1) is 14.6. The highest BCUT2D eigenvalue weighted by atomic mass is 16.5. The molecule has 0 saturated carbocycles. The molecule has 0 bridgehead atoms. The van der Waals surface area contributed by atoms with Gasteiger partial charge in [0.05, 0.1) is 13.2 Å². The average molecular weight is 270 g/mol. The molecule has 0 spiro atoms. The lowest BCUT2D eigenvalue weighted by Crippen LogP contribution is -2.28. The molecule has 1 atom stereocenters. The number of benzene rings is 2. The molecule has 0 aliphatic rings. The Morgan fingerprint density at radius 3 is 1.70 bits per heavy atom. The Kier molecular flexibility index (Phi) is 4.77. The summed E-state index contributed by atoms with van der Waals surface area (Å²) in [7, 11) is 1.66. The van der Waals surface area contributed by atoms with Gasteiger partial charge in [0.25, 0.3) is 0 Å². The van der Waals surface area contributed by atoms with E-state index in [-0.39, 0.29) is 6.04 Å². The fourth-order valence-electron chi connectivity index (χ4n) is 2.25. The molecule has 3 N–H and O–H groups in total. The van der Waals surface area contributed by atoms with Crippen molar-refractivity contribution in [1.29, 1.82) is 0 Å². The van der Waals surface area contributed by atoms with E-state index in [1.165, 1.54) is 5.56 Å². The molecule has 3 nitrogen and oxygen atoms in total. The van der Waals surface area contributed by atoms with Gasteiger partial charge in [0.2, 0.25) is 0 Å². The molecule has 0 fully saturated rings. The van der Waals surface area contributed by atoms with Crippen LogP contribution in [0.1, 0.15) is 42.5 Å². The summed E-state index contributed by atoms with van der Waals surface area (Å²) >= 11 is 0. The second-order valence-corrected chi connectivity index (χ2v) is 5.19. The van der Waals surface area contributed by atoms with Crippen molar-refractivity contribution < 1.29 is 4.74 Å². The predicted octanol–water partition coefficient (Wildman–Crippen LogP) is 3.37. The van der Waals surface area contributed by atoms with Crippen molar-refractivity contribution in [2.24, 2.45) is 5.84 Å². The number of hydrazine groups is 1. The lowest BCUT2D eigenvalue weighted by atomic mass is 9.95. The summed E-state index contributed by atoms with van der Waals surface area (Å²) in [5.74, 6) is 7.11. The number of rotatable bonds is 5. The highest BCUT2D eigenvalue weighted by Crippen LogP contribution is 2.25. The molecule has 0 aliphatic carbocycles. The van der Waals surface area contributed by atoms with Crippen molar-refractivity contribution in [3.8, 4) is 5.75 Å². The maximum absolute atomic E-state index is 5.72. The second kappa shape index (κ2) is 6.55. The van der Waals surface area contributed by atoms with Crippen LogP contribution in [-0.4, -0.2) is 7.11 Å². The van der Waals surface area contributed by atoms with E-state index in [9.17, 15) is 0 Å². The zero-order valence-electron chi connectivity index (χ0n) is 12.3. The SMILES string of the molecule is COc1ccc(C(NN)c2ccc(C(C)C)cc2)cc1. The van der Waals surface area contributed by atoms with Crippen LogP contribution in [0.2, 0.25) is 0 Å². The molecule has 0 heterocycles. The summed E-state index contributed by atoms with van der Waals surface area (Å²) in [5, 5.41) is 0. The second-order valence-electron chi connectivity index (χ2n) is 5.19. The van der Waals surface area contributed by atoms with Crippen LogP contribution in [0.4, 0.5) is 0 Å². The van der Waals surface area contributed by atoms with Gasteiger partial charge in [-0.1, -0.05) is 50.2 Å². The van der Waals surface area contributed by atoms with Crippen LogP contribution < -0.4 is 16.0 Å². The largest absolute Gasteiger partial charge is 0.497 e. The molecule has 0 aromatic heterocycles. The van der Waals surface area contributed by atoms with Crippen LogP contribution in [-0.2, 0) is 0 Å². The minimum atomic E-state index is -0.0119. The minimum absolute atomic E-state index is 0.0119. The lowest BCUT2D eigenvalue weighted by molar-refractivity contribution is 0.414.